The third-order valence-electron chi connectivity index (χ3n) is 4.72. The monoisotopic (exact) mass is 293 g/mol. The Hall–Kier alpha value is -1.13. The maximum atomic E-state index is 12.9. The van der Waals surface area contributed by atoms with E-state index in [-0.39, 0.29) is 18.0 Å². The number of likely N-dealkylation sites (tertiary alicyclic amines) is 1. The number of benzene rings is 1. The molecule has 2 fully saturated rings. The molecule has 0 spiro atoms. The highest BCUT2D eigenvalue weighted by molar-refractivity contribution is 5.22. The van der Waals surface area contributed by atoms with Crippen LogP contribution in [-0.2, 0) is 0 Å². The molecule has 0 bridgehead atoms. The number of hydrogen-bond donors (Lipinski definition) is 1. The van der Waals surface area contributed by atoms with Gasteiger partial charge in [0.05, 0.1) is 0 Å². The summed E-state index contributed by atoms with van der Waals surface area (Å²) in [5.74, 6) is 0.373. The first-order valence-corrected chi connectivity index (χ1v) is 8.08. The van der Waals surface area contributed by atoms with E-state index in [4.69, 9.17) is 4.74 Å². The molecule has 0 amide bonds. The van der Waals surface area contributed by atoms with Crippen LogP contribution in [-0.4, -0.2) is 41.3 Å². The lowest BCUT2D eigenvalue weighted by Gasteiger charge is -2.42. The predicted molar refractivity (Wildman–Crippen MR) is 79.9 cm³/mol. The van der Waals surface area contributed by atoms with Gasteiger partial charge in [-0.25, -0.2) is 4.39 Å². The summed E-state index contributed by atoms with van der Waals surface area (Å²) in [6, 6.07) is 6.27. The van der Waals surface area contributed by atoms with Gasteiger partial charge in [-0.3, -0.25) is 4.90 Å². The molecule has 1 saturated carbocycles. The Morgan fingerprint density at radius 3 is 2.43 bits per heavy atom. The minimum Gasteiger partial charge on any atom is -0.488 e. The van der Waals surface area contributed by atoms with Gasteiger partial charge in [0.1, 0.15) is 23.8 Å². The van der Waals surface area contributed by atoms with Crippen molar-refractivity contribution in [1.82, 2.24) is 4.90 Å². The van der Waals surface area contributed by atoms with Gasteiger partial charge in [-0.15, -0.1) is 0 Å². The van der Waals surface area contributed by atoms with E-state index in [2.05, 4.69) is 4.90 Å². The number of halogens is 1. The van der Waals surface area contributed by atoms with Crippen LogP contribution in [0.3, 0.4) is 0 Å². The van der Waals surface area contributed by atoms with Gasteiger partial charge in [0.25, 0.3) is 0 Å². The minimum absolute atomic E-state index is 0.184. The van der Waals surface area contributed by atoms with Crippen molar-refractivity contribution in [1.29, 1.82) is 0 Å². The van der Waals surface area contributed by atoms with E-state index < -0.39 is 6.10 Å². The SMILES string of the molecule is O[C@H]1[C@H](Oc2ccc(F)cc2)CCC[C@@H]1N1CCCCC1. The summed E-state index contributed by atoms with van der Waals surface area (Å²) in [6.45, 7) is 2.18. The summed E-state index contributed by atoms with van der Waals surface area (Å²) >= 11 is 0. The van der Waals surface area contributed by atoms with Crippen LogP contribution < -0.4 is 4.74 Å². The Morgan fingerprint density at radius 1 is 1.00 bits per heavy atom. The van der Waals surface area contributed by atoms with Crippen molar-refractivity contribution in [2.75, 3.05) is 13.1 Å². The largest absolute Gasteiger partial charge is 0.488 e. The molecule has 3 nitrogen and oxygen atoms in total. The smallest absolute Gasteiger partial charge is 0.126 e. The van der Waals surface area contributed by atoms with Crippen LogP contribution in [0, 0.1) is 5.82 Å². The minimum atomic E-state index is -0.457. The predicted octanol–water partition coefficient (Wildman–Crippen LogP) is 2.97. The van der Waals surface area contributed by atoms with Gasteiger partial charge < -0.3 is 9.84 Å². The molecule has 1 aromatic rings. The first-order valence-electron chi connectivity index (χ1n) is 8.08. The number of ether oxygens (including phenoxy) is 1. The average molecular weight is 293 g/mol. The zero-order chi connectivity index (χ0) is 14.7. The number of aliphatic hydroxyl groups is 1. The molecule has 0 aromatic heterocycles. The van der Waals surface area contributed by atoms with E-state index in [1.165, 1.54) is 31.4 Å². The van der Waals surface area contributed by atoms with E-state index >= 15 is 0 Å². The molecule has 3 atom stereocenters. The molecule has 0 unspecified atom stereocenters. The van der Waals surface area contributed by atoms with Gasteiger partial charge in [-0.1, -0.05) is 6.42 Å². The molecule has 1 heterocycles. The quantitative estimate of drug-likeness (QED) is 0.930. The molecule has 1 saturated heterocycles. The van der Waals surface area contributed by atoms with Gasteiger partial charge in [-0.2, -0.15) is 0 Å². The maximum absolute atomic E-state index is 12.9. The van der Waals surface area contributed by atoms with Crippen LogP contribution in [0.1, 0.15) is 38.5 Å². The highest BCUT2D eigenvalue weighted by Crippen LogP contribution is 2.29. The van der Waals surface area contributed by atoms with Gasteiger partial charge in [-0.05, 0) is 69.5 Å². The second-order valence-electron chi connectivity index (χ2n) is 6.20. The summed E-state index contributed by atoms with van der Waals surface area (Å²) in [7, 11) is 0. The summed E-state index contributed by atoms with van der Waals surface area (Å²) in [6.07, 6.45) is 6.10. The number of rotatable bonds is 3. The van der Waals surface area contributed by atoms with Crippen molar-refractivity contribution in [3.63, 3.8) is 0 Å². The molecule has 1 N–H and O–H groups in total. The average Bonchev–Trinajstić information content (AvgIpc) is 2.52. The number of aliphatic hydroxyl groups excluding tert-OH is 1. The van der Waals surface area contributed by atoms with E-state index in [0.29, 0.717) is 5.75 Å². The molecule has 116 valence electrons. The van der Waals surface area contributed by atoms with Gasteiger partial charge in [0, 0.05) is 6.04 Å². The Balaban J connectivity index is 1.63. The Morgan fingerprint density at radius 2 is 1.71 bits per heavy atom. The van der Waals surface area contributed by atoms with Crippen LogP contribution >= 0.6 is 0 Å². The zero-order valence-electron chi connectivity index (χ0n) is 12.4. The van der Waals surface area contributed by atoms with Crippen molar-refractivity contribution in [3.8, 4) is 5.75 Å². The zero-order valence-corrected chi connectivity index (χ0v) is 12.4. The third kappa shape index (κ3) is 3.55. The molecular formula is C17H24FNO2. The Kier molecular flexibility index (Phi) is 4.76. The standard InChI is InChI=1S/C17H24FNO2/c18-13-7-9-14(10-8-13)21-16-6-4-5-15(17(16)20)19-11-2-1-3-12-19/h7-10,15-17,20H,1-6,11-12H2/t15-,16+,17+/m0/s1. The molecule has 2 aliphatic rings. The van der Waals surface area contributed by atoms with Crippen molar-refractivity contribution in [2.24, 2.45) is 0 Å². The normalized spacial score (nSPS) is 31.0. The van der Waals surface area contributed by atoms with Gasteiger partial charge in [0.15, 0.2) is 0 Å². The Labute approximate surface area is 125 Å². The number of nitrogens with zero attached hydrogens (tertiary/aromatic N) is 1. The van der Waals surface area contributed by atoms with Crippen molar-refractivity contribution in [2.45, 2.75) is 56.8 Å². The summed E-state index contributed by atoms with van der Waals surface area (Å²) in [5.41, 5.74) is 0. The van der Waals surface area contributed by atoms with E-state index in [0.717, 1.165) is 32.4 Å². The number of piperidine rings is 1. The maximum Gasteiger partial charge on any atom is 0.126 e. The van der Waals surface area contributed by atoms with E-state index in [1.807, 2.05) is 0 Å². The van der Waals surface area contributed by atoms with Crippen LogP contribution in [0.25, 0.3) is 0 Å². The van der Waals surface area contributed by atoms with Gasteiger partial charge in [0.2, 0.25) is 0 Å². The van der Waals surface area contributed by atoms with Crippen molar-refractivity contribution < 1.29 is 14.2 Å². The fourth-order valence-corrected chi connectivity index (χ4v) is 3.58. The molecule has 21 heavy (non-hydrogen) atoms. The third-order valence-corrected chi connectivity index (χ3v) is 4.72. The van der Waals surface area contributed by atoms with E-state index in [1.54, 1.807) is 12.1 Å². The topological polar surface area (TPSA) is 32.7 Å². The lowest BCUT2D eigenvalue weighted by atomic mass is 9.87. The second kappa shape index (κ2) is 6.75. The second-order valence-corrected chi connectivity index (χ2v) is 6.20. The highest BCUT2D eigenvalue weighted by Gasteiger charge is 2.37. The summed E-state index contributed by atoms with van der Waals surface area (Å²) in [4.78, 5) is 2.42. The highest BCUT2D eigenvalue weighted by atomic mass is 19.1. The lowest BCUT2D eigenvalue weighted by Crippen LogP contribution is -2.54. The number of hydrogen-bond acceptors (Lipinski definition) is 3. The van der Waals surface area contributed by atoms with Crippen LogP contribution in [0.2, 0.25) is 0 Å². The first kappa shape index (κ1) is 14.8. The molecule has 1 aliphatic heterocycles. The Bertz CT molecular complexity index is 445. The molecule has 1 aliphatic carbocycles. The van der Waals surface area contributed by atoms with Crippen LogP contribution in [0.5, 0.6) is 5.75 Å². The van der Waals surface area contributed by atoms with Crippen LogP contribution in [0.15, 0.2) is 24.3 Å². The summed E-state index contributed by atoms with van der Waals surface area (Å²) < 4.78 is 18.8. The molecular weight excluding hydrogens is 269 g/mol. The lowest BCUT2D eigenvalue weighted by molar-refractivity contribution is -0.0574. The van der Waals surface area contributed by atoms with Crippen molar-refractivity contribution >= 4 is 0 Å². The molecule has 3 rings (SSSR count). The van der Waals surface area contributed by atoms with E-state index in [9.17, 15) is 9.50 Å². The molecule has 0 radical (unpaired) electrons. The van der Waals surface area contributed by atoms with Crippen molar-refractivity contribution in [3.05, 3.63) is 30.1 Å². The first-order chi connectivity index (χ1) is 10.2. The molecule has 4 heteroatoms. The summed E-state index contributed by atoms with van der Waals surface area (Å²) in [5, 5.41) is 10.7. The van der Waals surface area contributed by atoms with Crippen LogP contribution in [0.4, 0.5) is 4.39 Å². The fraction of sp³-hybridized carbons (Fsp3) is 0.647. The van der Waals surface area contributed by atoms with Gasteiger partial charge >= 0.3 is 0 Å². The fourth-order valence-electron chi connectivity index (χ4n) is 3.58. The molecule has 1 aromatic carbocycles.